The van der Waals surface area contributed by atoms with Gasteiger partial charge in [0.15, 0.2) is 11.6 Å². The Bertz CT molecular complexity index is 772. The van der Waals surface area contributed by atoms with Crippen LogP contribution in [0.4, 0.5) is 11.6 Å². The molecule has 0 radical (unpaired) electrons. The van der Waals surface area contributed by atoms with Crippen LogP contribution in [-0.4, -0.2) is 29.0 Å². The maximum absolute atomic E-state index is 12.2. The number of allylic oxidation sites excluding steroid dienone is 1. The van der Waals surface area contributed by atoms with E-state index in [1.165, 1.54) is 12.0 Å². The van der Waals surface area contributed by atoms with Crippen LogP contribution in [0.25, 0.3) is 11.0 Å². The van der Waals surface area contributed by atoms with E-state index in [1.54, 1.807) is 6.08 Å². The Morgan fingerprint density at radius 2 is 1.74 bits per heavy atom. The Balaban J connectivity index is 1.69. The van der Waals surface area contributed by atoms with Crippen molar-refractivity contribution in [2.24, 2.45) is 0 Å². The van der Waals surface area contributed by atoms with Gasteiger partial charge in [-0.1, -0.05) is 17.7 Å². The largest absolute Gasteiger partial charge is 0.354 e. The molecular formula is C18H20N4O. The Kier molecular flexibility index (Phi) is 3.69. The molecule has 5 nitrogen and oxygen atoms in total. The molecule has 0 spiro atoms. The monoisotopic (exact) mass is 308 g/mol. The van der Waals surface area contributed by atoms with E-state index in [4.69, 9.17) is 4.98 Å². The number of benzene rings is 1. The third-order valence-electron chi connectivity index (χ3n) is 4.53. The zero-order chi connectivity index (χ0) is 15.6. The molecule has 0 unspecified atom stereocenters. The second-order valence-electron chi connectivity index (χ2n) is 6.22. The van der Waals surface area contributed by atoms with Crippen LogP contribution in [0, 0.1) is 0 Å². The molecule has 1 aromatic carbocycles. The van der Waals surface area contributed by atoms with Crippen LogP contribution in [0.15, 0.2) is 35.9 Å². The van der Waals surface area contributed by atoms with Crippen molar-refractivity contribution >= 4 is 28.6 Å². The van der Waals surface area contributed by atoms with Gasteiger partial charge in [0.2, 0.25) is 5.91 Å². The van der Waals surface area contributed by atoms with Crippen LogP contribution in [-0.2, 0) is 4.79 Å². The SMILES string of the molecule is O=C(C=C1CCC1)Nc1nc2ccccc2nc1N1CCCC1. The van der Waals surface area contributed by atoms with Crippen LogP contribution in [0.1, 0.15) is 32.1 Å². The van der Waals surface area contributed by atoms with Gasteiger partial charge >= 0.3 is 0 Å². The summed E-state index contributed by atoms with van der Waals surface area (Å²) in [7, 11) is 0. The lowest BCUT2D eigenvalue weighted by molar-refractivity contribution is -0.112. The highest BCUT2D eigenvalue weighted by Gasteiger charge is 2.20. The minimum absolute atomic E-state index is 0.0928. The number of para-hydroxylation sites is 2. The fourth-order valence-electron chi connectivity index (χ4n) is 3.09. The number of nitrogens with zero attached hydrogens (tertiary/aromatic N) is 3. The fraction of sp³-hybridized carbons (Fsp3) is 0.389. The van der Waals surface area contributed by atoms with Gasteiger partial charge in [0.25, 0.3) is 0 Å². The minimum Gasteiger partial charge on any atom is -0.354 e. The summed E-state index contributed by atoms with van der Waals surface area (Å²) in [6.45, 7) is 1.94. The van der Waals surface area contributed by atoms with Gasteiger partial charge in [-0.25, -0.2) is 9.97 Å². The number of amides is 1. The molecule has 1 amide bonds. The number of hydrogen-bond donors (Lipinski definition) is 1. The lowest BCUT2D eigenvalue weighted by Gasteiger charge is -2.20. The van der Waals surface area contributed by atoms with E-state index in [0.29, 0.717) is 5.82 Å². The molecule has 1 aromatic heterocycles. The van der Waals surface area contributed by atoms with Crippen molar-refractivity contribution in [1.82, 2.24) is 9.97 Å². The standard InChI is InChI=1S/C18H20N4O/c23-16(12-13-6-5-7-13)21-17-18(22-10-3-4-11-22)20-15-9-2-1-8-14(15)19-17/h1-2,8-9,12H,3-7,10-11H2,(H,19,21,23). The van der Waals surface area contributed by atoms with E-state index in [0.717, 1.165) is 55.6 Å². The predicted octanol–water partition coefficient (Wildman–Crippen LogP) is 3.28. The smallest absolute Gasteiger partial charge is 0.249 e. The number of carbonyl (C=O) groups excluding carboxylic acids is 1. The highest BCUT2D eigenvalue weighted by atomic mass is 16.1. The first-order valence-electron chi connectivity index (χ1n) is 8.32. The molecule has 2 aliphatic rings. The average molecular weight is 308 g/mol. The molecule has 2 fully saturated rings. The molecule has 1 saturated carbocycles. The van der Waals surface area contributed by atoms with Crippen molar-refractivity contribution in [3.8, 4) is 0 Å². The first-order valence-corrected chi connectivity index (χ1v) is 8.32. The maximum Gasteiger partial charge on any atom is 0.249 e. The topological polar surface area (TPSA) is 58.1 Å². The number of anilines is 2. The van der Waals surface area contributed by atoms with Crippen molar-refractivity contribution in [2.75, 3.05) is 23.3 Å². The molecule has 5 heteroatoms. The summed E-state index contributed by atoms with van der Waals surface area (Å²) in [6.07, 6.45) is 7.30. The summed E-state index contributed by atoms with van der Waals surface area (Å²) >= 11 is 0. The lowest BCUT2D eigenvalue weighted by Crippen LogP contribution is -2.23. The van der Waals surface area contributed by atoms with Gasteiger partial charge in [0, 0.05) is 19.2 Å². The lowest BCUT2D eigenvalue weighted by atomic mass is 9.92. The molecule has 1 aliphatic heterocycles. The Morgan fingerprint density at radius 3 is 2.39 bits per heavy atom. The number of carbonyl (C=O) groups is 1. The van der Waals surface area contributed by atoms with Crippen molar-refractivity contribution in [2.45, 2.75) is 32.1 Å². The fourth-order valence-corrected chi connectivity index (χ4v) is 3.09. The molecule has 2 heterocycles. The molecule has 4 rings (SSSR count). The second-order valence-corrected chi connectivity index (χ2v) is 6.22. The third kappa shape index (κ3) is 2.91. The highest BCUT2D eigenvalue weighted by molar-refractivity contribution is 6.01. The first kappa shape index (κ1) is 14.2. The molecule has 23 heavy (non-hydrogen) atoms. The normalized spacial score (nSPS) is 17.2. The summed E-state index contributed by atoms with van der Waals surface area (Å²) in [5, 5.41) is 2.95. The molecule has 0 bridgehead atoms. The molecule has 118 valence electrons. The van der Waals surface area contributed by atoms with E-state index in [2.05, 4.69) is 15.2 Å². The van der Waals surface area contributed by atoms with Gasteiger partial charge in [-0.2, -0.15) is 0 Å². The van der Waals surface area contributed by atoms with Gasteiger partial charge in [0.1, 0.15) is 0 Å². The van der Waals surface area contributed by atoms with Gasteiger partial charge in [-0.15, -0.1) is 0 Å². The van der Waals surface area contributed by atoms with Crippen LogP contribution in [0.5, 0.6) is 0 Å². The molecule has 1 aliphatic carbocycles. The minimum atomic E-state index is -0.0928. The molecular weight excluding hydrogens is 288 g/mol. The first-order chi connectivity index (χ1) is 11.3. The van der Waals surface area contributed by atoms with Crippen molar-refractivity contribution in [1.29, 1.82) is 0 Å². The van der Waals surface area contributed by atoms with Gasteiger partial charge in [-0.3, -0.25) is 4.79 Å². The molecule has 0 atom stereocenters. The van der Waals surface area contributed by atoms with Crippen LogP contribution in [0.2, 0.25) is 0 Å². The van der Waals surface area contributed by atoms with E-state index < -0.39 is 0 Å². The Hall–Kier alpha value is -2.43. The summed E-state index contributed by atoms with van der Waals surface area (Å²) < 4.78 is 0. The Morgan fingerprint density at radius 1 is 1.04 bits per heavy atom. The number of hydrogen-bond acceptors (Lipinski definition) is 4. The summed E-state index contributed by atoms with van der Waals surface area (Å²) in [6, 6.07) is 7.79. The van der Waals surface area contributed by atoms with E-state index in [9.17, 15) is 4.79 Å². The van der Waals surface area contributed by atoms with Crippen LogP contribution in [0.3, 0.4) is 0 Å². The summed E-state index contributed by atoms with van der Waals surface area (Å²) in [5.41, 5.74) is 2.89. The van der Waals surface area contributed by atoms with Crippen molar-refractivity contribution in [3.63, 3.8) is 0 Å². The Labute approximate surface area is 135 Å². The molecule has 2 aromatic rings. The third-order valence-corrected chi connectivity index (χ3v) is 4.53. The summed E-state index contributed by atoms with van der Waals surface area (Å²) in [4.78, 5) is 23.9. The van der Waals surface area contributed by atoms with Crippen LogP contribution >= 0.6 is 0 Å². The number of rotatable bonds is 3. The number of aromatic nitrogens is 2. The van der Waals surface area contributed by atoms with Crippen molar-refractivity contribution in [3.05, 3.63) is 35.9 Å². The average Bonchev–Trinajstić information content (AvgIpc) is 3.04. The summed E-state index contributed by atoms with van der Waals surface area (Å²) in [5.74, 6) is 1.28. The molecule has 1 N–H and O–H groups in total. The van der Waals surface area contributed by atoms with Gasteiger partial charge in [0.05, 0.1) is 11.0 Å². The zero-order valence-corrected chi connectivity index (χ0v) is 13.1. The van der Waals surface area contributed by atoms with Crippen molar-refractivity contribution < 1.29 is 4.79 Å². The van der Waals surface area contributed by atoms with E-state index >= 15 is 0 Å². The maximum atomic E-state index is 12.2. The number of fused-ring (bicyclic) bond motifs is 1. The quantitative estimate of drug-likeness (QED) is 0.884. The molecule has 1 saturated heterocycles. The van der Waals surface area contributed by atoms with E-state index in [-0.39, 0.29) is 5.91 Å². The highest BCUT2D eigenvalue weighted by Crippen LogP contribution is 2.29. The van der Waals surface area contributed by atoms with Gasteiger partial charge < -0.3 is 10.2 Å². The number of nitrogens with one attached hydrogen (secondary N) is 1. The second kappa shape index (κ2) is 5.99. The predicted molar refractivity (Wildman–Crippen MR) is 91.5 cm³/mol. The van der Waals surface area contributed by atoms with E-state index in [1.807, 2.05) is 24.3 Å². The van der Waals surface area contributed by atoms with Gasteiger partial charge in [-0.05, 0) is 44.2 Å². The zero-order valence-electron chi connectivity index (χ0n) is 13.1. The van der Waals surface area contributed by atoms with Crippen LogP contribution < -0.4 is 10.2 Å².